The Kier molecular flexibility index (Phi) is 2.78. The van der Waals surface area contributed by atoms with E-state index in [-0.39, 0.29) is 18.0 Å². The number of aliphatic hydroxyl groups excluding tert-OH is 1. The second kappa shape index (κ2) is 3.96. The quantitative estimate of drug-likeness (QED) is 0.765. The second-order valence-corrected chi connectivity index (χ2v) is 4.05. The van der Waals surface area contributed by atoms with Gasteiger partial charge in [0.2, 0.25) is 0 Å². The molecule has 1 aromatic carbocycles. The Hall–Kier alpha value is -1.26. The van der Waals surface area contributed by atoms with Gasteiger partial charge in [0.25, 0.3) is 0 Å². The molecular weight excluding hydrogens is 208 g/mol. The highest BCUT2D eigenvalue weighted by Crippen LogP contribution is 2.44. The summed E-state index contributed by atoms with van der Waals surface area (Å²) in [5, 5.41) is 19.7. The van der Waals surface area contributed by atoms with Gasteiger partial charge in [-0.05, 0) is 25.5 Å². The Morgan fingerprint density at radius 2 is 2.00 bits per heavy atom. The van der Waals surface area contributed by atoms with Gasteiger partial charge in [0.1, 0.15) is 6.10 Å². The minimum atomic E-state index is -0.680. The number of hydrogen-bond donors (Lipinski definition) is 2. The molecule has 0 aliphatic carbocycles. The van der Waals surface area contributed by atoms with E-state index in [1.807, 2.05) is 13.8 Å². The van der Waals surface area contributed by atoms with Gasteiger partial charge in [-0.1, -0.05) is 6.07 Å². The molecule has 2 rings (SSSR count). The summed E-state index contributed by atoms with van der Waals surface area (Å²) in [5.74, 6) is 0.453. The largest absolute Gasteiger partial charge is 0.504 e. The molecule has 0 bridgehead atoms. The van der Waals surface area contributed by atoms with Gasteiger partial charge in [-0.2, -0.15) is 0 Å². The number of methoxy groups -OCH3 is 1. The van der Waals surface area contributed by atoms with E-state index < -0.39 is 6.10 Å². The molecule has 1 heterocycles. The molecule has 0 spiro atoms. The minimum absolute atomic E-state index is 0.0680. The van der Waals surface area contributed by atoms with Gasteiger partial charge in [-0.15, -0.1) is 0 Å². The monoisotopic (exact) mass is 224 g/mol. The SMILES string of the molecule is COc1c(O)ccc2c1[C@H](C)O[C@@H](C)[C@H]2O. The van der Waals surface area contributed by atoms with Crippen molar-refractivity contribution in [3.8, 4) is 11.5 Å². The van der Waals surface area contributed by atoms with Crippen molar-refractivity contribution in [1.29, 1.82) is 0 Å². The van der Waals surface area contributed by atoms with E-state index in [0.29, 0.717) is 5.75 Å². The predicted molar refractivity (Wildman–Crippen MR) is 58.6 cm³/mol. The predicted octanol–water partition coefficient (Wildman–Crippen LogP) is 1.91. The first kappa shape index (κ1) is 11.2. The van der Waals surface area contributed by atoms with Crippen LogP contribution < -0.4 is 4.74 Å². The van der Waals surface area contributed by atoms with Crippen LogP contribution in [0.1, 0.15) is 37.2 Å². The second-order valence-electron chi connectivity index (χ2n) is 4.05. The van der Waals surface area contributed by atoms with Gasteiger partial charge in [-0.25, -0.2) is 0 Å². The number of phenolic OH excluding ortho intramolecular Hbond substituents is 1. The molecule has 2 N–H and O–H groups in total. The van der Waals surface area contributed by atoms with E-state index >= 15 is 0 Å². The summed E-state index contributed by atoms with van der Waals surface area (Å²) in [6.07, 6.45) is -1.13. The first-order chi connectivity index (χ1) is 7.56. The number of aromatic hydroxyl groups is 1. The molecule has 1 aliphatic rings. The molecular formula is C12H16O4. The van der Waals surface area contributed by atoms with E-state index in [1.54, 1.807) is 6.07 Å². The van der Waals surface area contributed by atoms with Crippen LogP contribution in [0.25, 0.3) is 0 Å². The zero-order valence-electron chi connectivity index (χ0n) is 9.60. The van der Waals surface area contributed by atoms with Crippen molar-refractivity contribution < 1.29 is 19.7 Å². The lowest BCUT2D eigenvalue weighted by Gasteiger charge is -2.33. The third-order valence-electron chi connectivity index (χ3n) is 3.00. The molecule has 3 atom stereocenters. The average molecular weight is 224 g/mol. The Morgan fingerprint density at radius 3 is 2.62 bits per heavy atom. The highest BCUT2D eigenvalue weighted by molar-refractivity contribution is 5.52. The zero-order chi connectivity index (χ0) is 11.9. The first-order valence-electron chi connectivity index (χ1n) is 5.29. The van der Waals surface area contributed by atoms with Gasteiger partial charge in [0.15, 0.2) is 11.5 Å². The van der Waals surface area contributed by atoms with Crippen LogP contribution in [-0.2, 0) is 4.74 Å². The molecule has 16 heavy (non-hydrogen) atoms. The van der Waals surface area contributed by atoms with E-state index in [2.05, 4.69) is 0 Å². The molecule has 0 saturated heterocycles. The van der Waals surface area contributed by atoms with Crippen LogP contribution in [0.5, 0.6) is 11.5 Å². The molecule has 4 heteroatoms. The van der Waals surface area contributed by atoms with Crippen molar-refractivity contribution in [2.45, 2.75) is 32.2 Å². The lowest BCUT2D eigenvalue weighted by atomic mass is 9.92. The standard InChI is InChI=1S/C12H16O4/c1-6-10-8(11(14)7(2)16-6)4-5-9(13)12(10)15-3/h4-7,11,13-14H,1-3H3/t6-,7-,11+/m0/s1. The van der Waals surface area contributed by atoms with Crippen LogP contribution in [0.15, 0.2) is 12.1 Å². The molecule has 0 aromatic heterocycles. The summed E-state index contributed by atoms with van der Waals surface area (Å²) in [6.45, 7) is 3.70. The van der Waals surface area contributed by atoms with Gasteiger partial charge in [-0.3, -0.25) is 0 Å². The fourth-order valence-electron chi connectivity index (χ4n) is 2.21. The smallest absolute Gasteiger partial charge is 0.166 e. The van der Waals surface area contributed by atoms with Gasteiger partial charge in [0.05, 0.1) is 19.3 Å². The summed E-state index contributed by atoms with van der Waals surface area (Å²) in [4.78, 5) is 0. The van der Waals surface area contributed by atoms with Gasteiger partial charge >= 0.3 is 0 Å². The molecule has 0 fully saturated rings. The fourth-order valence-corrected chi connectivity index (χ4v) is 2.21. The van der Waals surface area contributed by atoms with E-state index in [9.17, 15) is 10.2 Å². The van der Waals surface area contributed by atoms with Crippen LogP contribution in [0, 0.1) is 0 Å². The van der Waals surface area contributed by atoms with E-state index in [4.69, 9.17) is 9.47 Å². The molecule has 0 unspecified atom stereocenters. The van der Waals surface area contributed by atoms with Crippen molar-refractivity contribution in [1.82, 2.24) is 0 Å². The van der Waals surface area contributed by atoms with Crippen molar-refractivity contribution in [2.75, 3.05) is 7.11 Å². The number of hydrogen-bond acceptors (Lipinski definition) is 4. The van der Waals surface area contributed by atoms with Crippen LogP contribution in [0.4, 0.5) is 0 Å². The van der Waals surface area contributed by atoms with E-state index in [1.165, 1.54) is 13.2 Å². The molecule has 4 nitrogen and oxygen atoms in total. The summed E-state index contributed by atoms with van der Waals surface area (Å²) >= 11 is 0. The van der Waals surface area contributed by atoms with Crippen LogP contribution in [0.3, 0.4) is 0 Å². The van der Waals surface area contributed by atoms with Crippen LogP contribution in [0.2, 0.25) is 0 Å². The lowest BCUT2D eigenvalue weighted by molar-refractivity contribution is -0.0817. The Balaban J connectivity index is 2.61. The number of phenols is 1. The van der Waals surface area contributed by atoms with Crippen LogP contribution in [-0.4, -0.2) is 23.4 Å². The molecule has 1 aromatic rings. The lowest BCUT2D eigenvalue weighted by Crippen LogP contribution is -2.27. The first-order valence-corrected chi connectivity index (χ1v) is 5.29. The van der Waals surface area contributed by atoms with Crippen molar-refractivity contribution >= 4 is 0 Å². The maximum Gasteiger partial charge on any atom is 0.166 e. The highest BCUT2D eigenvalue weighted by atomic mass is 16.5. The average Bonchev–Trinajstić information content (AvgIpc) is 2.25. The zero-order valence-corrected chi connectivity index (χ0v) is 9.60. The van der Waals surface area contributed by atoms with Gasteiger partial charge < -0.3 is 19.7 Å². The highest BCUT2D eigenvalue weighted by Gasteiger charge is 2.33. The number of aliphatic hydroxyl groups is 1. The van der Waals surface area contributed by atoms with Crippen LogP contribution >= 0.6 is 0 Å². The third kappa shape index (κ3) is 1.54. The molecule has 88 valence electrons. The summed E-state index contributed by atoms with van der Waals surface area (Å²) in [6, 6.07) is 3.25. The summed E-state index contributed by atoms with van der Waals surface area (Å²) in [5.41, 5.74) is 1.49. The van der Waals surface area contributed by atoms with Gasteiger partial charge in [0, 0.05) is 5.56 Å². The minimum Gasteiger partial charge on any atom is -0.504 e. The maximum absolute atomic E-state index is 10.00. The number of benzene rings is 1. The Labute approximate surface area is 94.4 Å². The Morgan fingerprint density at radius 1 is 1.31 bits per heavy atom. The molecule has 1 aliphatic heterocycles. The molecule has 0 amide bonds. The summed E-state index contributed by atoms with van der Waals surface area (Å²) < 4.78 is 10.7. The number of ether oxygens (including phenoxy) is 2. The third-order valence-corrected chi connectivity index (χ3v) is 3.00. The molecule has 0 radical (unpaired) electrons. The van der Waals surface area contributed by atoms with Crippen molar-refractivity contribution in [3.63, 3.8) is 0 Å². The topological polar surface area (TPSA) is 58.9 Å². The van der Waals surface area contributed by atoms with Crippen molar-refractivity contribution in [3.05, 3.63) is 23.3 Å². The number of rotatable bonds is 1. The summed E-state index contributed by atoms with van der Waals surface area (Å²) in [7, 11) is 1.49. The fraction of sp³-hybridized carbons (Fsp3) is 0.500. The van der Waals surface area contributed by atoms with E-state index in [0.717, 1.165) is 11.1 Å². The molecule has 0 saturated carbocycles. The maximum atomic E-state index is 10.00. The normalized spacial score (nSPS) is 28.6. The Bertz CT molecular complexity index is 402. The van der Waals surface area contributed by atoms with Crippen molar-refractivity contribution in [2.24, 2.45) is 0 Å². The number of fused-ring (bicyclic) bond motifs is 1.